The molecule has 2 aromatic heterocycles. The smallest absolute Gasteiger partial charge is 0.333 e. The number of aromatic nitrogens is 4. The molecule has 2 N–H and O–H groups in total. The van der Waals surface area contributed by atoms with Gasteiger partial charge in [0.15, 0.2) is 0 Å². The lowest BCUT2D eigenvalue weighted by Gasteiger charge is -2.22. The summed E-state index contributed by atoms with van der Waals surface area (Å²) in [4.78, 5) is 10.6. The van der Waals surface area contributed by atoms with E-state index in [1.807, 2.05) is 0 Å². The van der Waals surface area contributed by atoms with Crippen molar-refractivity contribution in [2.24, 2.45) is 14.1 Å². The summed E-state index contributed by atoms with van der Waals surface area (Å²) in [6, 6.07) is 0. The van der Waals surface area contributed by atoms with Crippen molar-refractivity contribution in [1.82, 2.24) is 19.6 Å². The Morgan fingerprint density at radius 3 is 2.71 bits per heavy atom. The quantitative estimate of drug-likeness (QED) is 0.620. The molecule has 0 aromatic carbocycles. The molecule has 1 atom stereocenters. The molecule has 0 bridgehead atoms. The van der Waals surface area contributed by atoms with Crippen LogP contribution in [0.2, 0.25) is 0 Å². The summed E-state index contributed by atoms with van der Waals surface area (Å²) in [7, 11) is 3.36. The molecule has 0 aliphatic carbocycles. The maximum atomic E-state index is 11.1. The largest absolute Gasteiger partial charge is 0.383 e. The zero-order valence-electron chi connectivity index (χ0n) is 12.4. The van der Waals surface area contributed by atoms with Crippen LogP contribution in [-0.4, -0.2) is 36.1 Å². The fourth-order valence-corrected chi connectivity index (χ4v) is 2.12. The Kier molecular flexibility index (Phi) is 3.69. The molecule has 0 unspecified atom stereocenters. The van der Waals surface area contributed by atoms with Gasteiger partial charge in [0.1, 0.15) is 11.3 Å². The number of rotatable bonds is 5. The first-order valence-corrected chi connectivity index (χ1v) is 6.35. The van der Waals surface area contributed by atoms with Crippen molar-refractivity contribution in [3.05, 3.63) is 33.8 Å². The predicted octanol–water partition coefficient (Wildman–Crippen LogP) is 0.690. The number of nitrogens with one attached hydrogen (secondary N) is 1. The third-order valence-electron chi connectivity index (χ3n) is 3.30. The van der Waals surface area contributed by atoms with E-state index in [2.05, 4.69) is 15.5 Å². The van der Waals surface area contributed by atoms with Crippen molar-refractivity contribution in [2.45, 2.75) is 19.4 Å². The number of aryl methyl sites for hydroxylation is 3. The van der Waals surface area contributed by atoms with Crippen LogP contribution in [0.5, 0.6) is 0 Å². The second-order valence-corrected chi connectivity index (χ2v) is 5.19. The van der Waals surface area contributed by atoms with E-state index in [1.165, 1.54) is 4.68 Å². The van der Waals surface area contributed by atoms with Crippen molar-refractivity contribution in [3.8, 4) is 0 Å². The summed E-state index contributed by atoms with van der Waals surface area (Å²) in [5.41, 5.74) is -0.343. The third-order valence-corrected chi connectivity index (χ3v) is 3.30. The van der Waals surface area contributed by atoms with Gasteiger partial charge in [0.05, 0.1) is 11.1 Å². The van der Waals surface area contributed by atoms with E-state index in [9.17, 15) is 15.2 Å². The van der Waals surface area contributed by atoms with Crippen molar-refractivity contribution in [2.75, 3.05) is 11.9 Å². The van der Waals surface area contributed by atoms with Crippen molar-refractivity contribution in [1.29, 1.82) is 0 Å². The Morgan fingerprint density at radius 2 is 2.19 bits per heavy atom. The van der Waals surface area contributed by atoms with Crippen LogP contribution in [0.15, 0.2) is 12.4 Å². The molecule has 0 fully saturated rings. The van der Waals surface area contributed by atoms with Crippen LogP contribution in [0.3, 0.4) is 0 Å². The van der Waals surface area contributed by atoms with Crippen LogP contribution >= 0.6 is 0 Å². The van der Waals surface area contributed by atoms with E-state index >= 15 is 0 Å². The average Bonchev–Trinajstić information content (AvgIpc) is 2.91. The summed E-state index contributed by atoms with van der Waals surface area (Å²) in [5, 5.41) is 32.5. The number of anilines is 1. The van der Waals surface area contributed by atoms with Crippen LogP contribution in [-0.2, 0) is 19.7 Å². The minimum absolute atomic E-state index is 0.0838. The first-order chi connectivity index (χ1) is 9.72. The van der Waals surface area contributed by atoms with E-state index < -0.39 is 10.5 Å². The summed E-state index contributed by atoms with van der Waals surface area (Å²) < 4.78 is 2.98. The Hall–Kier alpha value is -2.42. The SMILES string of the molecule is Cc1nn(C)c(NC[C@@](C)(O)c2cnn(C)c2)c1[N+](=O)[O-]. The zero-order valence-corrected chi connectivity index (χ0v) is 12.4. The molecule has 0 spiro atoms. The molecule has 0 aliphatic heterocycles. The lowest BCUT2D eigenvalue weighted by atomic mass is 10.00. The molecule has 2 heterocycles. The molecule has 0 amide bonds. The van der Waals surface area contributed by atoms with Crippen LogP contribution in [0.4, 0.5) is 11.5 Å². The minimum atomic E-state index is -1.21. The Morgan fingerprint density at radius 1 is 1.52 bits per heavy atom. The molecule has 9 nitrogen and oxygen atoms in total. The van der Waals surface area contributed by atoms with E-state index in [1.54, 1.807) is 45.0 Å². The first-order valence-electron chi connectivity index (χ1n) is 6.35. The van der Waals surface area contributed by atoms with Gasteiger partial charge in [-0.05, 0) is 13.8 Å². The predicted molar refractivity (Wildman–Crippen MR) is 75.9 cm³/mol. The lowest BCUT2D eigenvalue weighted by Crippen LogP contribution is -2.31. The molecule has 0 saturated carbocycles. The van der Waals surface area contributed by atoms with E-state index in [0.29, 0.717) is 11.3 Å². The number of hydrogen-bond acceptors (Lipinski definition) is 6. The number of nitrogens with zero attached hydrogens (tertiary/aromatic N) is 5. The molecule has 2 rings (SSSR count). The van der Waals surface area contributed by atoms with Gasteiger partial charge in [0.2, 0.25) is 5.82 Å². The van der Waals surface area contributed by atoms with Gasteiger partial charge in [-0.15, -0.1) is 0 Å². The van der Waals surface area contributed by atoms with Gasteiger partial charge < -0.3 is 10.4 Å². The number of hydrogen-bond donors (Lipinski definition) is 2. The summed E-state index contributed by atoms with van der Waals surface area (Å²) >= 11 is 0. The van der Waals surface area contributed by atoms with Crippen molar-refractivity contribution >= 4 is 11.5 Å². The van der Waals surface area contributed by atoms with Gasteiger partial charge in [-0.25, -0.2) is 4.68 Å². The Labute approximate surface area is 121 Å². The zero-order chi connectivity index (χ0) is 15.8. The molecule has 21 heavy (non-hydrogen) atoms. The van der Waals surface area contributed by atoms with Crippen LogP contribution in [0.25, 0.3) is 0 Å². The summed E-state index contributed by atoms with van der Waals surface area (Å²) in [6.45, 7) is 3.28. The Balaban J connectivity index is 2.22. The molecular weight excluding hydrogens is 276 g/mol. The van der Waals surface area contributed by atoms with Crippen LogP contribution in [0.1, 0.15) is 18.2 Å². The standard InChI is InChI=1S/C12H18N6O3/c1-8-10(18(20)21)11(17(4)15-8)13-7-12(2,19)9-5-14-16(3)6-9/h5-6,13,19H,7H2,1-4H3/t12-/m1/s1. The summed E-state index contributed by atoms with van der Waals surface area (Å²) in [6.07, 6.45) is 3.26. The molecule has 0 radical (unpaired) electrons. The monoisotopic (exact) mass is 294 g/mol. The maximum absolute atomic E-state index is 11.1. The van der Waals surface area contributed by atoms with Gasteiger partial charge in [0, 0.05) is 32.4 Å². The normalized spacial score (nSPS) is 14.0. The molecule has 114 valence electrons. The second-order valence-electron chi connectivity index (χ2n) is 5.19. The van der Waals surface area contributed by atoms with E-state index in [0.717, 1.165) is 0 Å². The second kappa shape index (κ2) is 5.17. The molecule has 0 aliphatic rings. The minimum Gasteiger partial charge on any atom is -0.383 e. The molecular formula is C12H18N6O3. The summed E-state index contributed by atoms with van der Waals surface area (Å²) in [5.74, 6) is 0.265. The highest BCUT2D eigenvalue weighted by molar-refractivity contribution is 5.59. The first kappa shape index (κ1) is 15.0. The third kappa shape index (κ3) is 2.87. The maximum Gasteiger partial charge on any atom is 0.333 e. The molecule has 0 saturated heterocycles. The topological polar surface area (TPSA) is 111 Å². The molecule has 9 heteroatoms. The van der Waals surface area contributed by atoms with Crippen LogP contribution < -0.4 is 5.32 Å². The average molecular weight is 294 g/mol. The van der Waals surface area contributed by atoms with Gasteiger partial charge in [-0.3, -0.25) is 14.8 Å². The highest BCUT2D eigenvalue weighted by atomic mass is 16.6. The van der Waals surface area contributed by atoms with E-state index in [-0.39, 0.29) is 18.1 Å². The number of aliphatic hydroxyl groups is 1. The van der Waals surface area contributed by atoms with Gasteiger partial charge >= 0.3 is 5.69 Å². The Bertz CT molecular complexity index is 673. The van der Waals surface area contributed by atoms with Crippen molar-refractivity contribution < 1.29 is 10.0 Å². The lowest BCUT2D eigenvalue weighted by molar-refractivity contribution is -0.384. The van der Waals surface area contributed by atoms with Gasteiger partial charge in [-0.1, -0.05) is 0 Å². The fourth-order valence-electron chi connectivity index (χ4n) is 2.12. The highest BCUT2D eigenvalue weighted by Crippen LogP contribution is 2.29. The van der Waals surface area contributed by atoms with E-state index in [4.69, 9.17) is 0 Å². The molecule has 2 aromatic rings. The fraction of sp³-hybridized carbons (Fsp3) is 0.500. The van der Waals surface area contributed by atoms with Gasteiger partial charge in [-0.2, -0.15) is 10.2 Å². The number of nitro groups is 1. The van der Waals surface area contributed by atoms with Crippen molar-refractivity contribution in [3.63, 3.8) is 0 Å². The van der Waals surface area contributed by atoms with Crippen LogP contribution in [0, 0.1) is 17.0 Å². The van der Waals surface area contributed by atoms with Gasteiger partial charge in [0.25, 0.3) is 0 Å². The highest BCUT2D eigenvalue weighted by Gasteiger charge is 2.29.